The van der Waals surface area contributed by atoms with Crippen LogP contribution in [0.2, 0.25) is 0 Å². The van der Waals surface area contributed by atoms with Crippen LogP contribution in [0.3, 0.4) is 0 Å². The first-order chi connectivity index (χ1) is 9.60. The van der Waals surface area contributed by atoms with Crippen molar-refractivity contribution in [2.75, 3.05) is 13.1 Å². The van der Waals surface area contributed by atoms with Gasteiger partial charge in [-0.05, 0) is 37.3 Å². The third-order valence-corrected chi connectivity index (χ3v) is 5.20. The Bertz CT molecular complexity index is 667. The van der Waals surface area contributed by atoms with E-state index in [1.807, 2.05) is 6.92 Å². The van der Waals surface area contributed by atoms with Crippen molar-refractivity contribution >= 4 is 25.6 Å². The van der Waals surface area contributed by atoms with Gasteiger partial charge in [0.25, 0.3) is 15.0 Å². The molecule has 1 aliphatic rings. The normalized spacial score (nSPS) is 18.6. The summed E-state index contributed by atoms with van der Waals surface area (Å²) in [6, 6.07) is 4.64. The van der Waals surface area contributed by atoms with Crippen LogP contribution in [-0.2, 0) is 9.05 Å². The monoisotopic (exact) mass is 329 g/mol. The zero-order valence-corrected chi connectivity index (χ0v) is 14.1. The van der Waals surface area contributed by atoms with Gasteiger partial charge >= 0.3 is 0 Å². The number of hydrogen-bond acceptors (Lipinski definition) is 3. The van der Waals surface area contributed by atoms with E-state index in [4.69, 9.17) is 10.7 Å². The number of amides is 1. The maximum Gasteiger partial charge on any atom is 0.262 e. The summed E-state index contributed by atoms with van der Waals surface area (Å²) in [4.78, 5) is 14.3. The molecule has 0 unspecified atom stereocenters. The van der Waals surface area contributed by atoms with Gasteiger partial charge in [-0.3, -0.25) is 4.79 Å². The van der Waals surface area contributed by atoms with Crippen molar-refractivity contribution in [2.24, 2.45) is 5.41 Å². The van der Waals surface area contributed by atoms with Crippen LogP contribution in [-0.4, -0.2) is 32.3 Å². The Morgan fingerprint density at radius 3 is 2.57 bits per heavy atom. The van der Waals surface area contributed by atoms with Crippen LogP contribution >= 0.6 is 10.7 Å². The Kier molecular flexibility index (Phi) is 4.36. The van der Waals surface area contributed by atoms with Crippen LogP contribution < -0.4 is 0 Å². The van der Waals surface area contributed by atoms with E-state index >= 15 is 0 Å². The molecule has 21 heavy (non-hydrogen) atoms. The van der Waals surface area contributed by atoms with E-state index in [9.17, 15) is 13.2 Å². The van der Waals surface area contributed by atoms with E-state index in [-0.39, 0.29) is 21.8 Å². The summed E-state index contributed by atoms with van der Waals surface area (Å²) in [6.45, 7) is 7.32. The number of aryl methyl sites for hydroxylation is 1. The van der Waals surface area contributed by atoms with Gasteiger partial charge in [-0.2, -0.15) is 0 Å². The number of likely N-dealkylation sites (tertiary alicyclic amines) is 1. The number of hydrogen-bond donors (Lipinski definition) is 0. The number of carbonyl (C=O) groups excluding carboxylic acids is 1. The number of piperidine rings is 1. The minimum atomic E-state index is -3.94. The van der Waals surface area contributed by atoms with E-state index in [0.717, 1.165) is 18.4 Å². The quantitative estimate of drug-likeness (QED) is 0.783. The molecule has 1 saturated heterocycles. The highest BCUT2D eigenvalue weighted by molar-refractivity contribution is 8.13. The van der Waals surface area contributed by atoms with Gasteiger partial charge in [0, 0.05) is 23.8 Å². The molecule has 6 heteroatoms. The van der Waals surface area contributed by atoms with Gasteiger partial charge in [0.15, 0.2) is 0 Å². The Balaban J connectivity index is 2.41. The topological polar surface area (TPSA) is 54.5 Å². The molecule has 1 aromatic carbocycles. The highest BCUT2D eigenvalue weighted by Crippen LogP contribution is 2.30. The molecular formula is C15H20ClNO3S. The summed E-state index contributed by atoms with van der Waals surface area (Å²) in [5, 5.41) is 0. The first kappa shape index (κ1) is 16.3. The summed E-state index contributed by atoms with van der Waals surface area (Å²) in [6.07, 6.45) is 1.98. The van der Waals surface area contributed by atoms with Crippen LogP contribution in [0.4, 0.5) is 0 Å². The predicted octanol–water partition coefficient (Wildman–Crippen LogP) is 3.18. The van der Waals surface area contributed by atoms with E-state index in [1.54, 1.807) is 17.0 Å². The molecular weight excluding hydrogens is 310 g/mol. The lowest BCUT2D eigenvalue weighted by atomic mass is 9.84. The zero-order valence-electron chi connectivity index (χ0n) is 12.5. The minimum Gasteiger partial charge on any atom is -0.338 e. The Morgan fingerprint density at radius 2 is 2.00 bits per heavy atom. The van der Waals surface area contributed by atoms with Crippen LogP contribution in [0.5, 0.6) is 0 Å². The number of carbonyl (C=O) groups is 1. The van der Waals surface area contributed by atoms with Gasteiger partial charge in [0.2, 0.25) is 0 Å². The lowest BCUT2D eigenvalue weighted by molar-refractivity contribution is 0.0579. The fourth-order valence-electron chi connectivity index (χ4n) is 2.79. The van der Waals surface area contributed by atoms with Crippen molar-refractivity contribution in [1.29, 1.82) is 0 Å². The van der Waals surface area contributed by atoms with Crippen molar-refractivity contribution in [3.8, 4) is 0 Å². The number of halogens is 1. The molecule has 116 valence electrons. The van der Waals surface area contributed by atoms with Gasteiger partial charge in [0.1, 0.15) is 0 Å². The Morgan fingerprint density at radius 1 is 1.33 bits per heavy atom. The van der Waals surface area contributed by atoms with E-state index < -0.39 is 9.05 Å². The lowest BCUT2D eigenvalue weighted by Crippen LogP contribution is -2.43. The van der Waals surface area contributed by atoms with Crippen LogP contribution in [0.25, 0.3) is 0 Å². The van der Waals surface area contributed by atoms with Crippen LogP contribution in [0, 0.1) is 12.3 Å². The first-order valence-electron chi connectivity index (χ1n) is 6.95. The molecule has 0 spiro atoms. The molecule has 0 aromatic heterocycles. The third kappa shape index (κ3) is 3.77. The third-order valence-electron chi connectivity index (χ3n) is 3.82. The van der Waals surface area contributed by atoms with E-state index in [1.165, 1.54) is 6.07 Å². The summed E-state index contributed by atoms with van der Waals surface area (Å²) in [5.41, 5.74) is 1.05. The molecule has 0 radical (unpaired) electrons. The molecule has 0 bridgehead atoms. The van der Waals surface area contributed by atoms with Gasteiger partial charge < -0.3 is 4.90 Å². The summed E-state index contributed by atoms with van der Waals surface area (Å²) < 4.78 is 23.3. The van der Waals surface area contributed by atoms with Crippen LogP contribution in [0.1, 0.15) is 42.6 Å². The second kappa shape index (κ2) is 5.61. The van der Waals surface area contributed by atoms with Gasteiger partial charge in [-0.15, -0.1) is 0 Å². The van der Waals surface area contributed by atoms with Crippen molar-refractivity contribution in [3.63, 3.8) is 0 Å². The van der Waals surface area contributed by atoms with Crippen LogP contribution in [0.15, 0.2) is 23.1 Å². The van der Waals surface area contributed by atoms with Crippen molar-refractivity contribution in [2.45, 2.75) is 38.5 Å². The fraction of sp³-hybridized carbons (Fsp3) is 0.533. The fourth-order valence-corrected chi connectivity index (χ4v) is 3.83. The standard InChI is InChI=1S/C15H20ClNO3S/c1-11-5-6-13(21(16,19)20)12(9-11)14(18)17-8-4-7-15(2,3)10-17/h5-6,9H,4,7-8,10H2,1-3H3. The first-order valence-corrected chi connectivity index (χ1v) is 9.26. The molecule has 1 aromatic rings. The smallest absolute Gasteiger partial charge is 0.262 e. The van der Waals surface area contributed by atoms with Crippen molar-refractivity contribution in [3.05, 3.63) is 29.3 Å². The maximum atomic E-state index is 12.7. The average molecular weight is 330 g/mol. The molecule has 1 heterocycles. The molecule has 0 saturated carbocycles. The largest absolute Gasteiger partial charge is 0.338 e. The second-order valence-corrected chi connectivity index (χ2v) is 8.97. The number of rotatable bonds is 2. The zero-order chi connectivity index (χ0) is 15.8. The van der Waals surface area contributed by atoms with Gasteiger partial charge in [-0.1, -0.05) is 25.5 Å². The molecule has 0 atom stereocenters. The SMILES string of the molecule is Cc1ccc(S(=O)(=O)Cl)c(C(=O)N2CCCC(C)(C)C2)c1. The number of benzene rings is 1. The molecule has 0 N–H and O–H groups in total. The number of nitrogens with zero attached hydrogens (tertiary/aromatic N) is 1. The molecule has 4 nitrogen and oxygen atoms in total. The molecule has 1 amide bonds. The Hall–Kier alpha value is -1.07. The molecule has 2 rings (SSSR count). The van der Waals surface area contributed by atoms with Crippen molar-refractivity contribution in [1.82, 2.24) is 4.90 Å². The summed E-state index contributed by atoms with van der Waals surface area (Å²) in [5.74, 6) is -0.259. The second-order valence-electron chi connectivity index (χ2n) is 6.43. The lowest BCUT2D eigenvalue weighted by Gasteiger charge is -2.38. The minimum absolute atomic E-state index is 0.0533. The van der Waals surface area contributed by atoms with E-state index in [0.29, 0.717) is 13.1 Å². The molecule has 1 fully saturated rings. The van der Waals surface area contributed by atoms with E-state index in [2.05, 4.69) is 13.8 Å². The van der Waals surface area contributed by atoms with Gasteiger partial charge in [-0.25, -0.2) is 8.42 Å². The van der Waals surface area contributed by atoms with Crippen molar-refractivity contribution < 1.29 is 13.2 Å². The maximum absolute atomic E-state index is 12.7. The summed E-state index contributed by atoms with van der Waals surface area (Å²) >= 11 is 0. The Labute approximate surface area is 130 Å². The van der Waals surface area contributed by atoms with Gasteiger partial charge in [0.05, 0.1) is 10.5 Å². The molecule has 0 aliphatic carbocycles. The highest BCUT2D eigenvalue weighted by Gasteiger charge is 2.31. The molecule has 1 aliphatic heterocycles. The average Bonchev–Trinajstić information content (AvgIpc) is 2.35. The predicted molar refractivity (Wildman–Crippen MR) is 83.1 cm³/mol. The highest BCUT2D eigenvalue weighted by atomic mass is 35.7. The summed E-state index contributed by atoms with van der Waals surface area (Å²) in [7, 11) is 1.52.